The molecule has 0 atom stereocenters. The highest BCUT2D eigenvalue weighted by Gasteiger charge is 2.00. The molecule has 74 valence electrons. The summed E-state index contributed by atoms with van der Waals surface area (Å²) in [7, 11) is 0. The second-order valence-electron chi connectivity index (χ2n) is 3.46. The highest BCUT2D eigenvalue weighted by Crippen LogP contribution is 2.17. The quantitative estimate of drug-likeness (QED) is 0.728. The van der Waals surface area contributed by atoms with Crippen LogP contribution in [0.15, 0.2) is 24.3 Å². The number of aryl methyl sites for hydroxylation is 2. The van der Waals surface area contributed by atoms with E-state index in [1.54, 1.807) is 6.92 Å². The predicted octanol–water partition coefficient (Wildman–Crippen LogP) is 2.79. The number of aliphatic carboxylic acids is 1. The second kappa shape index (κ2) is 4.09. The van der Waals surface area contributed by atoms with Crippen LogP contribution in [0.25, 0.3) is 5.57 Å². The standard InChI is InChI=1S/C12H14O2/c1-8-4-5-11(6-9(8)2)10(3)7-12(13)14/h4-7H,1-3H3,(H,13,14). The Morgan fingerprint density at radius 1 is 1.29 bits per heavy atom. The van der Waals surface area contributed by atoms with Crippen LogP contribution in [0.2, 0.25) is 0 Å². The molecule has 0 fully saturated rings. The summed E-state index contributed by atoms with van der Waals surface area (Å²) in [5.41, 5.74) is 4.15. The van der Waals surface area contributed by atoms with E-state index < -0.39 is 5.97 Å². The van der Waals surface area contributed by atoms with Crippen molar-refractivity contribution in [2.45, 2.75) is 20.8 Å². The summed E-state index contributed by atoms with van der Waals surface area (Å²) in [6, 6.07) is 5.95. The maximum absolute atomic E-state index is 10.5. The summed E-state index contributed by atoms with van der Waals surface area (Å²) in [6.45, 7) is 5.86. The first kappa shape index (κ1) is 10.5. The van der Waals surface area contributed by atoms with Gasteiger partial charge in [0.25, 0.3) is 0 Å². The van der Waals surface area contributed by atoms with Gasteiger partial charge >= 0.3 is 5.97 Å². The van der Waals surface area contributed by atoms with Gasteiger partial charge in [-0.15, -0.1) is 0 Å². The van der Waals surface area contributed by atoms with Gasteiger partial charge in [0.1, 0.15) is 0 Å². The Morgan fingerprint density at radius 3 is 2.43 bits per heavy atom. The van der Waals surface area contributed by atoms with E-state index in [4.69, 9.17) is 5.11 Å². The molecule has 0 aliphatic heterocycles. The van der Waals surface area contributed by atoms with Crippen LogP contribution < -0.4 is 0 Å². The highest BCUT2D eigenvalue weighted by molar-refractivity contribution is 5.89. The number of allylic oxidation sites excluding steroid dienone is 1. The molecule has 1 aromatic carbocycles. The molecule has 0 radical (unpaired) electrons. The smallest absolute Gasteiger partial charge is 0.328 e. The molecule has 2 nitrogen and oxygen atoms in total. The lowest BCUT2D eigenvalue weighted by atomic mass is 10.0. The van der Waals surface area contributed by atoms with Gasteiger partial charge in [0, 0.05) is 6.08 Å². The summed E-state index contributed by atoms with van der Waals surface area (Å²) < 4.78 is 0. The van der Waals surface area contributed by atoms with Crippen molar-refractivity contribution in [3.05, 3.63) is 41.0 Å². The van der Waals surface area contributed by atoms with Gasteiger partial charge < -0.3 is 5.11 Å². The van der Waals surface area contributed by atoms with E-state index in [9.17, 15) is 4.79 Å². The molecule has 0 amide bonds. The van der Waals surface area contributed by atoms with E-state index >= 15 is 0 Å². The van der Waals surface area contributed by atoms with Crippen LogP contribution >= 0.6 is 0 Å². The van der Waals surface area contributed by atoms with E-state index in [1.165, 1.54) is 17.2 Å². The van der Waals surface area contributed by atoms with Crippen molar-refractivity contribution in [2.75, 3.05) is 0 Å². The number of hydrogen-bond donors (Lipinski definition) is 1. The number of rotatable bonds is 2. The normalized spacial score (nSPS) is 11.5. The second-order valence-corrected chi connectivity index (χ2v) is 3.46. The Bertz CT molecular complexity index is 389. The van der Waals surface area contributed by atoms with Crippen LogP contribution in [0, 0.1) is 13.8 Å². The highest BCUT2D eigenvalue weighted by atomic mass is 16.4. The molecule has 14 heavy (non-hydrogen) atoms. The summed E-state index contributed by atoms with van der Waals surface area (Å²) in [4.78, 5) is 10.5. The fourth-order valence-electron chi connectivity index (χ4n) is 1.26. The van der Waals surface area contributed by atoms with Crippen molar-refractivity contribution in [2.24, 2.45) is 0 Å². The number of carboxylic acid groups (broad SMARTS) is 1. The zero-order chi connectivity index (χ0) is 10.7. The number of carbonyl (C=O) groups is 1. The van der Waals surface area contributed by atoms with Gasteiger partial charge in [-0.25, -0.2) is 4.79 Å². The minimum Gasteiger partial charge on any atom is -0.478 e. The number of carboxylic acids is 1. The van der Waals surface area contributed by atoms with Crippen LogP contribution in [0.1, 0.15) is 23.6 Å². The third-order valence-corrected chi connectivity index (χ3v) is 2.30. The Morgan fingerprint density at radius 2 is 1.93 bits per heavy atom. The van der Waals surface area contributed by atoms with Crippen LogP contribution in [0.5, 0.6) is 0 Å². The van der Waals surface area contributed by atoms with Crippen LogP contribution in [-0.2, 0) is 4.79 Å². The van der Waals surface area contributed by atoms with Crippen LogP contribution in [-0.4, -0.2) is 11.1 Å². The molecule has 0 bridgehead atoms. The van der Waals surface area contributed by atoms with Gasteiger partial charge in [0.2, 0.25) is 0 Å². The molecule has 0 aromatic heterocycles. The number of hydrogen-bond acceptors (Lipinski definition) is 1. The molecule has 1 N–H and O–H groups in total. The zero-order valence-corrected chi connectivity index (χ0v) is 8.66. The van der Waals surface area contributed by atoms with E-state index in [-0.39, 0.29) is 0 Å². The summed E-state index contributed by atoms with van der Waals surface area (Å²) in [5.74, 6) is -0.902. The summed E-state index contributed by atoms with van der Waals surface area (Å²) in [6.07, 6.45) is 1.23. The van der Waals surface area contributed by atoms with Crippen LogP contribution in [0.4, 0.5) is 0 Å². The van der Waals surface area contributed by atoms with Crippen molar-refractivity contribution in [1.29, 1.82) is 0 Å². The molecule has 0 spiro atoms. The van der Waals surface area contributed by atoms with Crippen LogP contribution in [0.3, 0.4) is 0 Å². The van der Waals surface area contributed by atoms with Gasteiger partial charge in [0.05, 0.1) is 0 Å². The molecule has 0 aliphatic rings. The maximum Gasteiger partial charge on any atom is 0.328 e. The van der Waals surface area contributed by atoms with Gasteiger partial charge in [-0.3, -0.25) is 0 Å². The van der Waals surface area contributed by atoms with Crippen molar-refractivity contribution >= 4 is 11.5 Å². The van der Waals surface area contributed by atoms with E-state index in [1.807, 2.05) is 32.0 Å². The van der Waals surface area contributed by atoms with Gasteiger partial charge in [-0.1, -0.05) is 18.2 Å². The minimum absolute atomic E-state index is 0.778. The fourth-order valence-corrected chi connectivity index (χ4v) is 1.26. The van der Waals surface area contributed by atoms with Crippen molar-refractivity contribution in [3.63, 3.8) is 0 Å². The molecule has 2 heteroatoms. The van der Waals surface area contributed by atoms with E-state index in [0.29, 0.717) is 0 Å². The molecule has 0 saturated heterocycles. The third-order valence-electron chi connectivity index (χ3n) is 2.30. The lowest BCUT2D eigenvalue weighted by Crippen LogP contribution is -1.91. The molecule has 0 unspecified atom stereocenters. The maximum atomic E-state index is 10.5. The lowest BCUT2D eigenvalue weighted by molar-refractivity contribution is -0.131. The van der Waals surface area contributed by atoms with Gasteiger partial charge in [0.15, 0.2) is 0 Å². The average Bonchev–Trinajstić information content (AvgIpc) is 2.08. The van der Waals surface area contributed by atoms with Crippen molar-refractivity contribution in [3.8, 4) is 0 Å². The van der Waals surface area contributed by atoms with Crippen molar-refractivity contribution in [1.82, 2.24) is 0 Å². The molecule has 1 rings (SSSR count). The fraction of sp³-hybridized carbons (Fsp3) is 0.250. The molecule has 0 aliphatic carbocycles. The van der Waals surface area contributed by atoms with Gasteiger partial charge in [-0.2, -0.15) is 0 Å². The summed E-state index contributed by atoms with van der Waals surface area (Å²) in [5, 5.41) is 8.59. The monoisotopic (exact) mass is 190 g/mol. The van der Waals surface area contributed by atoms with Gasteiger partial charge in [-0.05, 0) is 43.0 Å². The molecular formula is C12H14O2. The lowest BCUT2D eigenvalue weighted by Gasteiger charge is -2.04. The molecule has 0 saturated carbocycles. The Labute approximate surface area is 83.9 Å². The Balaban J connectivity index is 3.09. The topological polar surface area (TPSA) is 37.3 Å². The largest absolute Gasteiger partial charge is 0.478 e. The average molecular weight is 190 g/mol. The molecule has 1 aromatic rings. The van der Waals surface area contributed by atoms with E-state index in [0.717, 1.165) is 11.1 Å². The first-order chi connectivity index (χ1) is 6.50. The third kappa shape index (κ3) is 2.46. The van der Waals surface area contributed by atoms with Crippen molar-refractivity contribution < 1.29 is 9.90 Å². The Hall–Kier alpha value is -1.57. The molecule has 0 heterocycles. The zero-order valence-electron chi connectivity index (χ0n) is 8.66. The Kier molecular flexibility index (Phi) is 3.07. The first-order valence-electron chi connectivity index (χ1n) is 4.49. The SMILES string of the molecule is CC(=CC(=O)O)c1ccc(C)c(C)c1. The predicted molar refractivity (Wildman–Crippen MR) is 57.2 cm³/mol. The molecular weight excluding hydrogens is 176 g/mol. The number of benzene rings is 1. The summed E-state index contributed by atoms with van der Waals surface area (Å²) >= 11 is 0. The minimum atomic E-state index is -0.902. The van der Waals surface area contributed by atoms with E-state index in [2.05, 4.69) is 0 Å². The first-order valence-corrected chi connectivity index (χ1v) is 4.49.